The van der Waals surface area contributed by atoms with Crippen LogP contribution in [0.15, 0.2) is 29.2 Å². The van der Waals surface area contributed by atoms with Crippen molar-refractivity contribution in [3.8, 4) is 0 Å². The predicted molar refractivity (Wildman–Crippen MR) is 75.7 cm³/mol. The maximum absolute atomic E-state index is 11.8. The summed E-state index contributed by atoms with van der Waals surface area (Å²) in [6.07, 6.45) is 0.831. The molecule has 3 N–H and O–H groups in total. The quantitative estimate of drug-likeness (QED) is 0.450. The van der Waals surface area contributed by atoms with Crippen LogP contribution in [0.25, 0.3) is 0 Å². The summed E-state index contributed by atoms with van der Waals surface area (Å²) in [6.45, 7) is 3.20. The van der Waals surface area contributed by atoms with Crippen molar-refractivity contribution < 1.29 is 9.53 Å². The Morgan fingerprint density at radius 3 is 3.00 bits per heavy atom. The Kier molecular flexibility index (Phi) is 6.60. The van der Waals surface area contributed by atoms with E-state index in [0.717, 1.165) is 11.3 Å². The first-order valence-electron chi connectivity index (χ1n) is 5.92. The number of anilines is 1. The third kappa shape index (κ3) is 5.42. The molecule has 1 rings (SSSR count). The molecule has 4 nitrogen and oxygen atoms in total. The van der Waals surface area contributed by atoms with Crippen LogP contribution in [0.1, 0.15) is 13.3 Å². The second-order valence-corrected chi connectivity index (χ2v) is 5.38. The molecule has 1 atom stereocenters. The average Bonchev–Trinajstić information content (AvgIpc) is 2.34. The van der Waals surface area contributed by atoms with E-state index in [1.165, 1.54) is 11.8 Å². The molecular formula is C13H20N2O2S. The molecule has 0 saturated carbocycles. The Balaban J connectivity index is 2.35. The maximum atomic E-state index is 11.8. The van der Waals surface area contributed by atoms with Gasteiger partial charge in [0.1, 0.15) is 0 Å². The summed E-state index contributed by atoms with van der Waals surface area (Å²) in [4.78, 5) is 12.8. The largest absolute Gasteiger partial charge is 0.399 e. The lowest BCUT2D eigenvalue weighted by Gasteiger charge is -2.12. The molecular weight excluding hydrogens is 248 g/mol. The van der Waals surface area contributed by atoms with Gasteiger partial charge < -0.3 is 15.8 Å². The van der Waals surface area contributed by atoms with Gasteiger partial charge in [0.25, 0.3) is 0 Å². The predicted octanol–water partition coefficient (Wildman–Crippen LogP) is 1.90. The standard InChI is InChI=1S/C13H20N2O2S/c1-10(13(16)15-7-4-8-17-2)18-12-6-3-5-11(14)9-12/h3,5-6,9-10H,4,7-8,14H2,1-2H3,(H,15,16). The van der Waals surface area contributed by atoms with Crippen molar-refractivity contribution >= 4 is 23.4 Å². The lowest BCUT2D eigenvalue weighted by molar-refractivity contribution is -0.120. The van der Waals surface area contributed by atoms with Crippen molar-refractivity contribution in [3.05, 3.63) is 24.3 Å². The summed E-state index contributed by atoms with van der Waals surface area (Å²) in [6, 6.07) is 7.55. The molecule has 0 aliphatic heterocycles. The zero-order chi connectivity index (χ0) is 13.4. The van der Waals surface area contributed by atoms with Gasteiger partial charge in [0.05, 0.1) is 5.25 Å². The highest BCUT2D eigenvalue weighted by atomic mass is 32.2. The fraction of sp³-hybridized carbons (Fsp3) is 0.462. The van der Waals surface area contributed by atoms with Crippen LogP contribution in [-0.4, -0.2) is 31.4 Å². The minimum absolute atomic E-state index is 0.0403. The van der Waals surface area contributed by atoms with Gasteiger partial charge in [-0.1, -0.05) is 6.07 Å². The van der Waals surface area contributed by atoms with Crippen LogP contribution in [0.4, 0.5) is 5.69 Å². The fourth-order valence-corrected chi connectivity index (χ4v) is 2.38. The molecule has 1 unspecified atom stereocenters. The van der Waals surface area contributed by atoms with Crippen LogP contribution < -0.4 is 11.1 Å². The average molecular weight is 268 g/mol. The summed E-state index contributed by atoms with van der Waals surface area (Å²) in [5.74, 6) is 0.0403. The van der Waals surface area contributed by atoms with E-state index in [-0.39, 0.29) is 11.2 Å². The maximum Gasteiger partial charge on any atom is 0.233 e. The topological polar surface area (TPSA) is 64.3 Å². The van der Waals surface area contributed by atoms with Gasteiger partial charge in [-0.05, 0) is 31.5 Å². The third-order valence-corrected chi connectivity index (χ3v) is 3.46. The second-order valence-electron chi connectivity index (χ2n) is 3.97. The number of carbonyl (C=O) groups excluding carboxylic acids is 1. The van der Waals surface area contributed by atoms with Crippen molar-refractivity contribution in [3.63, 3.8) is 0 Å². The van der Waals surface area contributed by atoms with Crippen LogP contribution in [0.3, 0.4) is 0 Å². The number of benzene rings is 1. The molecule has 0 aliphatic rings. The molecule has 0 saturated heterocycles. The van der Waals surface area contributed by atoms with Gasteiger partial charge in [-0.15, -0.1) is 11.8 Å². The fourth-order valence-electron chi connectivity index (χ4n) is 1.42. The van der Waals surface area contributed by atoms with Gasteiger partial charge in [-0.25, -0.2) is 0 Å². The molecule has 0 fully saturated rings. The van der Waals surface area contributed by atoms with E-state index in [0.29, 0.717) is 18.8 Å². The molecule has 1 aromatic rings. The highest BCUT2D eigenvalue weighted by Crippen LogP contribution is 2.24. The first-order valence-corrected chi connectivity index (χ1v) is 6.80. The summed E-state index contributed by atoms with van der Waals surface area (Å²) < 4.78 is 4.92. The number of thioether (sulfide) groups is 1. The monoisotopic (exact) mass is 268 g/mol. The van der Waals surface area contributed by atoms with E-state index in [2.05, 4.69) is 5.32 Å². The highest BCUT2D eigenvalue weighted by molar-refractivity contribution is 8.00. The number of methoxy groups -OCH3 is 1. The zero-order valence-electron chi connectivity index (χ0n) is 10.8. The first kappa shape index (κ1) is 14.9. The molecule has 0 aliphatic carbocycles. The summed E-state index contributed by atoms with van der Waals surface area (Å²) in [5.41, 5.74) is 6.41. The van der Waals surface area contributed by atoms with E-state index in [9.17, 15) is 4.79 Å². The van der Waals surface area contributed by atoms with Crippen molar-refractivity contribution in [1.82, 2.24) is 5.32 Å². The molecule has 0 radical (unpaired) electrons. The van der Waals surface area contributed by atoms with Crippen molar-refractivity contribution in [2.45, 2.75) is 23.5 Å². The van der Waals surface area contributed by atoms with Crippen molar-refractivity contribution in [1.29, 1.82) is 0 Å². The second kappa shape index (κ2) is 8.00. The van der Waals surface area contributed by atoms with Crippen molar-refractivity contribution in [2.75, 3.05) is 26.0 Å². The zero-order valence-corrected chi connectivity index (χ0v) is 11.6. The van der Waals surface area contributed by atoms with Crippen LogP contribution in [0.2, 0.25) is 0 Å². The lowest BCUT2D eigenvalue weighted by atomic mass is 10.3. The number of amides is 1. The Morgan fingerprint density at radius 2 is 2.33 bits per heavy atom. The molecule has 0 spiro atoms. The smallest absolute Gasteiger partial charge is 0.233 e. The summed E-state index contributed by atoms with van der Waals surface area (Å²) in [5, 5.41) is 2.75. The molecule has 0 bridgehead atoms. The van der Waals surface area contributed by atoms with Crippen LogP contribution in [0.5, 0.6) is 0 Å². The van der Waals surface area contributed by atoms with Crippen molar-refractivity contribution in [2.24, 2.45) is 0 Å². The van der Waals surface area contributed by atoms with Gasteiger partial charge in [-0.2, -0.15) is 0 Å². The number of ether oxygens (including phenoxy) is 1. The van der Waals surface area contributed by atoms with Crippen LogP contribution in [0, 0.1) is 0 Å². The molecule has 0 heterocycles. The minimum atomic E-state index is -0.130. The van der Waals surface area contributed by atoms with Gasteiger partial charge in [0, 0.05) is 30.8 Å². The SMILES string of the molecule is COCCCNC(=O)C(C)Sc1cccc(N)c1. The molecule has 100 valence electrons. The van der Waals surface area contributed by atoms with Crippen LogP contribution >= 0.6 is 11.8 Å². The number of nitrogens with one attached hydrogen (secondary N) is 1. The molecule has 5 heteroatoms. The molecule has 18 heavy (non-hydrogen) atoms. The number of hydrogen-bond donors (Lipinski definition) is 2. The first-order chi connectivity index (χ1) is 8.63. The number of nitrogen functional groups attached to an aromatic ring is 1. The number of carbonyl (C=O) groups is 1. The van der Waals surface area contributed by atoms with E-state index in [1.807, 2.05) is 31.2 Å². The molecule has 0 aromatic heterocycles. The van der Waals surface area contributed by atoms with Gasteiger partial charge >= 0.3 is 0 Å². The number of rotatable bonds is 7. The van der Waals surface area contributed by atoms with E-state index in [1.54, 1.807) is 7.11 Å². The van der Waals surface area contributed by atoms with E-state index < -0.39 is 0 Å². The molecule has 1 amide bonds. The van der Waals surface area contributed by atoms with Gasteiger partial charge in [-0.3, -0.25) is 4.79 Å². The van der Waals surface area contributed by atoms with Gasteiger partial charge in [0.15, 0.2) is 0 Å². The summed E-state index contributed by atoms with van der Waals surface area (Å²) in [7, 11) is 1.65. The minimum Gasteiger partial charge on any atom is -0.399 e. The Hall–Kier alpha value is -1.20. The molecule has 1 aromatic carbocycles. The Labute approximate surface area is 112 Å². The van der Waals surface area contributed by atoms with Crippen LogP contribution in [-0.2, 0) is 9.53 Å². The third-order valence-electron chi connectivity index (χ3n) is 2.36. The number of hydrogen-bond acceptors (Lipinski definition) is 4. The number of nitrogens with two attached hydrogens (primary N) is 1. The Bertz CT molecular complexity index is 385. The summed E-state index contributed by atoms with van der Waals surface area (Å²) >= 11 is 1.51. The Morgan fingerprint density at radius 1 is 1.56 bits per heavy atom. The lowest BCUT2D eigenvalue weighted by Crippen LogP contribution is -2.32. The highest BCUT2D eigenvalue weighted by Gasteiger charge is 2.13. The normalized spacial score (nSPS) is 12.1. The van der Waals surface area contributed by atoms with E-state index >= 15 is 0 Å². The van der Waals surface area contributed by atoms with Gasteiger partial charge in [0.2, 0.25) is 5.91 Å². The van der Waals surface area contributed by atoms with E-state index in [4.69, 9.17) is 10.5 Å².